The highest BCUT2D eigenvalue weighted by molar-refractivity contribution is 5.71. The van der Waals surface area contributed by atoms with Gasteiger partial charge in [-0.25, -0.2) is 0 Å². The molecule has 0 saturated carbocycles. The van der Waals surface area contributed by atoms with Crippen molar-refractivity contribution in [1.29, 1.82) is 0 Å². The fourth-order valence-electron chi connectivity index (χ4n) is 10.2. The number of allylic oxidation sites excluding steroid dienone is 10. The van der Waals surface area contributed by atoms with Crippen LogP contribution in [0.5, 0.6) is 0 Å². The summed E-state index contributed by atoms with van der Waals surface area (Å²) in [7, 11) is 0. The molecule has 6 nitrogen and oxygen atoms in total. The molecular weight excluding hydrogens is 973 g/mol. The minimum absolute atomic E-state index is 0.0712. The lowest BCUT2D eigenvalue weighted by Gasteiger charge is -2.18. The minimum atomic E-state index is -0.770. The fourth-order valence-corrected chi connectivity index (χ4v) is 10.2. The van der Waals surface area contributed by atoms with Crippen molar-refractivity contribution in [2.75, 3.05) is 13.2 Å². The quantitative estimate of drug-likeness (QED) is 0.0261. The molecule has 6 heteroatoms. The van der Waals surface area contributed by atoms with Crippen molar-refractivity contribution >= 4 is 17.9 Å². The lowest BCUT2D eigenvalue weighted by Crippen LogP contribution is -2.30. The highest BCUT2D eigenvalue weighted by atomic mass is 16.6. The highest BCUT2D eigenvalue weighted by Gasteiger charge is 2.19. The third-order valence-electron chi connectivity index (χ3n) is 15.5. The molecule has 0 spiro atoms. The van der Waals surface area contributed by atoms with Gasteiger partial charge in [0.05, 0.1) is 0 Å². The van der Waals surface area contributed by atoms with Gasteiger partial charge in [0.1, 0.15) is 13.2 Å². The van der Waals surface area contributed by atoms with Gasteiger partial charge in [0.25, 0.3) is 0 Å². The van der Waals surface area contributed by atoms with Crippen LogP contribution < -0.4 is 0 Å². The summed E-state index contributed by atoms with van der Waals surface area (Å²) in [6.07, 6.45) is 87.3. The molecule has 1 unspecified atom stereocenters. The molecule has 0 N–H and O–H groups in total. The molecule has 0 aromatic rings. The van der Waals surface area contributed by atoms with Crippen molar-refractivity contribution in [3.8, 4) is 0 Å². The minimum Gasteiger partial charge on any atom is -0.462 e. The van der Waals surface area contributed by atoms with E-state index in [1.54, 1.807) is 0 Å². The van der Waals surface area contributed by atoms with Crippen molar-refractivity contribution in [1.82, 2.24) is 0 Å². The van der Waals surface area contributed by atoms with Crippen LogP contribution in [0.3, 0.4) is 0 Å². The van der Waals surface area contributed by atoms with Crippen LogP contribution >= 0.6 is 0 Å². The molecule has 0 aliphatic rings. The van der Waals surface area contributed by atoms with Crippen LogP contribution in [0.2, 0.25) is 0 Å². The van der Waals surface area contributed by atoms with Crippen LogP contribution in [0.1, 0.15) is 367 Å². The van der Waals surface area contributed by atoms with Gasteiger partial charge in [-0.1, -0.05) is 319 Å². The Hall–Kier alpha value is -2.89. The Balaban J connectivity index is 3.97. The number of carbonyl (C=O) groups excluding carboxylic acids is 3. The van der Waals surface area contributed by atoms with Crippen molar-refractivity contribution in [3.05, 3.63) is 60.8 Å². The van der Waals surface area contributed by atoms with E-state index in [-0.39, 0.29) is 31.1 Å². The summed E-state index contributed by atoms with van der Waals surface area (Å²) in [6, 6.07) is 0. The molecule has 0 rings (SSSR count). The zero-order valence-electron chi connectivity index (χ0n) is 52.9. The van der Waals surface area contributed by atoms with Gasteiger partial charge in [-0.2, -0.15) is 0 Å². The lowest BCUT2D eigenvalue weighted by molar-refractivity contribution is -0.167. The lowest BCUT2D eigenvalue weighted by atomic mass is 10.0. The SMILES string of the molecule is CCCCCCC/C=C\C/C=C\C/C=C\CCCCCCCCCCCCCCCCC(=O)OCC(COC(=O)CCCCCCC)OC(=O)CCCCCCCCCCCCCCCCC/C=C\C/C=C\CCCCCCC. The van der Waals surface area contributed by atoms with E-state index in [4.69, 9.17) is 14.2 Å². The summed E-state index contributed by atoms with van der Waals surface area (Å²) < 4.78 is 16.8. The van der Waals surface area contributed by atoms with Crippen LogP contribution in [0.25, 0.3) is 0 Å². The summed E-state index contributed by atoms with van der Waals surface area (Å²) in [6.45, 7) is 6.58. The van der Waals surface area contributed by atoms with Crippen molar-refractivity contribution in [2.24, 2.45) is 0 Å². The summed E-state index contributed by atoms with van der Waals surface area (Å²) in [5.74, 6) is -0.867. The fraction of sp³-hybridized carbons (Fsp3) is 0.822. The van der Waals surface area contributed by atoms with Crippen LogP contribution in [0, 0.1) is 0 Å². The predicted molar refractivity (Wildman–Crippen MR) is 344 cm³/mol. The summed E-state index contributed by atoms with van der Waals surface area (Å²) >= 11 is 0. The van der Waals surface area contributed by atoms with Gasteiger partial charge in [-0.3, -0.25) is 14.4 Å². The van der Waals surface area contributed by atoms with Gasteiger partial charge in [0, 0.05) is 19.3 Å². The third-order valence-corrected chi connectivity index (χ3v) is 15.5. The van der Waals surface area contributed by atoms with Crippen molar-refractivity contribution in [3.63, 3.8) is 0 Å². The molecule has 0 heterocycles. The maximum absolute atomic E-state index is 12.9. The standard InChI is InChI=1S/C73H132O6/c1-4-7-10-13-15-17-19-21-23-25-27-29-31-33-35-36-38-39-41-43-45-47-49-51-53-55-57-60-63-66-72(75)78-69-70(68-77-71(74)65-62-59-12-9-6-3)79-73(76)67-64-61-58-56-54-52-50-48-46-44-42-40-37-34-32-30-28-26-24-22-20-18-16-14-11-8-5-2/h19-22,25-28,31,33,70H,4-18,23-24,29-30,32,34-69H2,1-3H3/b21-19-,22-20-,27-25-,28-26-,33-31-. The Bertz CT molecular complexity index is 1410. The Kier molecular flexibility index (Phi) is 65.1. The molecule has 0 aliphatic heterocycles. The topological polar surface area (TPSA) is 78.9 Å². The first kappa shape index (κ1) is 76.1. The second-order valence-corrected chi connectivity index (χ2v) is 23.4. The molecule has 0 fully saturated rings. The monoisotopic (exact) mass is 1110 g/mol. The van der Waals surface area contributed by atoms with Crippen LogP contribution in [0.4, 0.5) is 0 Å². The first-order valence-corrected chi connectivity index (χ1v) is 34.8. The zero-order valence-corrected chi connectivity index (χ0v) is 52.9. The third kappa shape index (κ3) is 65.8. The van der Waals surface area contributed by atoms with Crippen molar-refractivity contribution in [2.45, 2.75) is 374 Å². The molecule has 79 heavy (non-hydrogen) atoms. The van der Waals surface area contributed by atoms with Gasteiger partial charge < -0.3 is 14.2 Å². The molecule has 0 amide bonds. The van der Waals surface area contributed by atoms with E-state index in [1.165, 1.54) is 244 Å². The summed E-state index contributed by atoms with van der Waals surface area (Å²) in [4.78, 5) is 38.0. The molecule has 1 atom stereocenters. The van der Waals surface area contributed by atoms with E-state index >= 15 is 0 Å². The van der Waals surface area contributed by atoms with Gasteiger partial charge in [-0.15, -0.1) is 0 Å². The maximum atomic E-state index is 12.9. The van der Waals surface area contributed by atoms with Gasteiger partial charge in [0.2, 0.25) is 0 Å². The average molecular weight is 1110 g/mol. The smallest absolute Gasteiger partial charge is 0.306 e. The van der Waals surface area contributed by atoms with Gasteiger partial charge in [0.15, 0.2) is 6.10 Å². The second-order valence-electron chi connectivity index (χ2n) is 23.4. The number of unbranched alkanes of at least 4 members (excludes halogenated alkanes) is 43. The summed E-state index contributed by atoms with van der Waals surface area (Å²) in [5.41, 5.74) is 0. The predicted octanol–water partition coefficient (Wildman–Crippen LogP) is 23.9. The Morgan fingerprint density at radius 1 is 0.253 bits per heavy atom. The molecule has 0 aromatic heterocycles. The number of rotatable bonds is 64. The number of esters is 3. The van der Waals surface area contributed by atoms with E-state index in [0.29, 0.717) is 19.3 Å². The van der Waals surface area contributed by atoms with Gasteiger partial charge in [-0.05, 0) is 89.9 Å². The molecule has 0 aromatic carbocycles. The molecule has 0 aliphatic carbocycles. The highest BCUT2D eigenvalue weighted by Crippen LogP contribution is 2.18. The normalized spacial score (nSPS) is 12.4. The van der Waals surface area contributed by atoms with Crippen LogP contribution in [-0.2, 0) is 28.6 Å². The molecule has 0 radical (unpaired) electrons. The molecule has 0 bridgehead atoms. The van der Waals surface area contributed by atoms with Crippen LogP contribution in [0.15, 0.2) is 60.8 Å². The van der Waals surface area contributed by atoms with Gasteiger partial charge >= 0.3 is 17.9 Å². The van der Waals surface area contributed by atoms with E-state index in [9.17, 15) is 14.4 Å². The molecule has 0 saturated heterocycles. The number of ether oxygens (including phenoxy) is 3. The first-order chi connectivity index (χ1) is 39.0. The maximum Gasteiger partial charge on any atom is 0.306 e. The largest absolute Gasteiger partial charge is 0.462 e. The molecular formula is C73H132O6. The summed E-state index contributed by atoms with van der Waals surface area (Å²) in [5, 5.41) is 0. The Morgan fingerprint density at radius 3 is 0.709 bits per heavy atom. The second kappa shape index (κ2) is 67.6. The van der Waals surface area contributed by atoms with Crippen LogP contribution in [-0.4, -0.2) is 37.2 Å². The average Bonchev–Trinajstić information content (AvgIpc) is 3.45. The first-order valence-electron chi connectivity index (χ1n) is 34.8. The van der Waals surface area contributed by atoms with E-state index in [0.717, 1.165) is 83.5 Å². The Morgan fingerprint density at radius 2 is 0.456 bits per heavy atom. The van der Waals surface area contributed by atoms with E-state index < -0.39 is 6.10 Å². The van der Waals surface area contributed by atoms with E-state index in [2.05, 4.69) is 81.5 Å². The number of hydrogen-bond acceptors (Lipinski definition) is 6. The Labute approximate surface area is 491 Å². The van der Waals surface area contributed by atoms with E-state index in [1.807, 2.05) is 0 Å². The number of carbonyl (C=O) groups is 3. The molecule has 460 valence electrons. The van der Waals surface area contributed by atoms with Crippen molar-refractivity contribution < 1.29 is 28.6 Å². The number of hydrogen-bond donors (Lipinski definition) is 0. The zero-order chi connectivity index (χ0) is 57.1.